The van der Waals surface area contributed by atoms with Crippen LogP contribution in [0, 0.1) is 11.8 Å². The summed E-state index contributed by atoms with van der Waals surface area (Å²) in [5.41, 5.74) is 0. The van der Waals surface area contributed by atoms with Gasteiger partial charge in [-0.2, -0.15) is 0 Å². The van der Waals surface area contributed by atoms with Crippen LogP contribution in [0.4, 0.5) is 5.82 Å². The smallest absolute Gasteiger partial charge is 0.135 e. The minimum absolute atomic E-state index is 0.313. The van der Waals surface area contributed by atoms with Crippen molar-refractivity contribution in [1.29, 1.82) is 0 Å². The van der Waals surface area contributed by atoms with Gasteiger partial charge in [0, 0.05) is 25.1 Å². The predicted octanol–water partition coefficient (Wildman–Crippen LogP) is 2.94. The van der Waals surface area contributed by atoms with Crippen LogP contribution in [0.3, 0.4) is 0 Å². The lowest BCUT2D eigenvalue weighted by Crippen LogP contribution is -2.21. The number of nitrogens with one attached hydrogen (secondary N) is 1. The quantitative estimate of drug-likeness (QED) is 0.817. The van der Waals surface area contributed by atoms with Gasteiger partial charge in [0.2, 0.25) is 0 Å². The standard InChI is InChI=1S/C14H20BrN3O/c15-12-6-13(18-14(17-12)9-4-5-9)16-7-10-2-1-3-11(10)8-19/h6,9-11,19H,1-5,7-8H2,(H,16,17,18). The zero-order valence-electron chi connectivity index (χ0n) is 11.0. The van der Waals surface area contributed by atoms with Crippen LogP contribution in [0.1, 0.15) is 43.8 Å². The molecule has 1 aromatic heterocycles. The number of hydrogen-bond donors (Lipinski definition) is 2. The highest BCUT2D eigenvalue weighted by molar-refractivity contribution is 9.10. The van der Waals surface area contributed by atoms with Gasteiger partial charge in [0.1, 0.15) is 16.2 Å². The fraction of sp³-hybridized carbons (Fsp3) is 0.714. The van der Waals surface area contributed by atoms with Gasteiger partial charge < -0.3 is 10.4 Å². The molecule has 2 fully saturated rings. The molecule has 0 aromatic carbocycles. The predicted molar refractivity (Wildman–Crippen MR) is 78.1 cm³/mol. The molecule has 1 aromatic rings. The van der Waals surface area contributed by atoms with Crippen molar-refractivity contribution in [2.75, 3.05) is 18.5 Å². The highest BCUT2D eigenvalue weighted by atomic mass is 79.9. The molecule has 2 unspecified atom stereocenters. The maximum atomic E-state index is 9.34. The lowest BCUT2D eigenvalue weighted by Gasteiger charge is -2.18. The molecular formula is C14H20BrN3O. The van der Waals surface area contributed by atoms with Crippen LogP contribution in [0.25, 0.3) is 0 Å². The van der Waals surface area contributed by atoms with E-state index in [0.29, 0.717) is 24.4 Å². The molecule has 0 spiro atoms. The third-order valence-corrected chi connectivity index (χ3v) is 4.66. The molecule has 2 aliphatic carbocycles. The molecule has 2 N–H and O–H groups in total. The van der Waals surface area contributed by atoms with E-state index in [1.807, 2.05) is 6.07 Å². The van der Waals surface area contributed by atoms with E-state index >= 15 is 0 Å². The van der Waals surface area contributed by atoms with Gasteiger partial charge in [-0.05, 0) is 53.4 Å². The highest BCUT2D eigenvalue weighted by Crippen LogP contribution is 2.39. The normalized spacial score (nSPS) is 26.6. The van der Waals surface area contributed by atoms with Gasteiger partial charge in [-0.1, -0.05) is 6.42 Å². The average molecular weight is 326 g/mol. The van der Waals surface area contributed by atoms with E-state index in [9.17, 15) is 5.11 Å². The monoisotopic (exact) mass is 325 g/mol. The Balaban J connectivity index is 1.63. The molecule has 0 radical (unpaired) electrons. The Kier molecular flexibility index (Phi) is 4.03. The summed E-state index contributed by atoms with van der Waals surface area (Å²) in [4.78, 5) is 9.02. The summed E-state index contributed by atoms with van der Waals surface area (Å²) in [6.45, 7) is 1.21. The van der Waals surface area contributed by atoms with Gasteiger partial charge >= 0.3 is 0 Å². The van der Waals surface area contributed by atoms with Crippen molar-refractivity contribution in [3.8, 4) is 0 Å². The van der Waals surface area contributed by atoms with Crippen LogP contribution in [-0.2, 0) is 0 Å². The summed E-state index contributed by atoms with van der Waals surface area (Å²) < 4.78 is 0.858. The Morgan fingerprint density at radius 3 is 2.74 bits per heavy atom. The Morgan fingerprint density at radius 1 is 1.21 bits per heavy atom. The van der Waals surface area contributed by atoms with E-state index in [2.05, 4.69) is 31.2 Å². The third kappa shape index (κ3) is 3.26. The fourth-order valence-corrected chi connectivity index (χ4v) is 3.31. The van der Waals surface area contributed by atoms with E-state index < -0.39 is 0 Å². The van der Waals surface area contributed by atoms with Crippen molar-refractivity contribution in [3.63, 3.8) is 0 Å². The van der Waals surface area contributed by atoms with Crippen molar-refractivity contribution in [2.24, 2.45) is 11.8 Å². The number of nitrogens with zero attached hydrogens (tertiary/aromatic N) is 2. The molecular weight excluding hydrogens is 306 g/mol. The Labute approximate surface area is 122 Å². The lowest BCUT2D eigenvalue weighted by molar-refractivity contribution is 0.199. The van der Waals surface area contributed by atoms with Gasteiger partial charge in [0.15, 0.2) is 0 Å². The van der Waals surface area contributed by atoms with Crippen LogP contribution in [0.2, 0.25) is 0 Å². The maximum absolute atomic E-state index is 9.34. The van der Waals surface area contributed by atoms with E-state index in [1.54, 1.807) is 0 Å². The van der Waals surface area contributed by atoms with Crippen molar-refractivity contribution >= 4 is 21.7 Å². The molecule has 5 heteroatoms. The average Bonchev–Trinajstić information content (AvgIpc) is 3.15. The van der Waals surface area contributed by atoms with Crippen LogP contribution in [0.15, 0.2) is 10.7 Å². The van der Waals surface area contributed by atoms with Gasteiger partial charge in [-0.15, -0.1) is 0 Å². The number of anilines is 1. The number of aliphatic hydroxyl groups excluding tert-OH is 1. The molecule has 0 amide bonds. The fourth-order valence-electron chi connectivity index (χ4n) is 2.91. The SMILES string of the molecule is OCC1CCCC1CNc1cc(Br)nc(C2CC2)n1. The summed E-state index contributed by atoms with van der Waals surface area (Å²) >= 11 is 3.46. The van der Waals surface area contributed by atoms with E-state index in [4.69, 9.17) is 0 Å². The van der Waals surface area contributed by atoms with Crippen molar-refractivity contribution in [2.45, 2.75) is 38.0 Å². The first kappa shape index (κ1) is 13.3. The second kappa shape index (κ2) is 5.75. The molecule has 2 atom stereocenters. The number of hydrogen-bond acceptors (Lipinski definition) is 4. The van der Waals surface area contributed by atoms with Crippen LogP contribution >= 0.6 is 15.9 Å². The summed E-state index contributed by atoms with van der Waals surface area (Å²) in [5.74, 6) is 3.47. The lowest BCUT2D eigenvalue weighted by atomic mass is 9.97. The first-order valence-corrected chi connectivity index (χ1v) is 7.95. The number of aromatic nitrogens is 2. The highest BCUT2D eigenvalue weighted by Gasteiger charge is 2.28. The summed E-state index contributed by atoms with van der Waals surface area (Å²) in [5, 5.41) is 12.8. The Hall–Kier alpha value is -0.680. The number of halogens is 1. The zero-order valence-corrected chi connectivity index (χ0v) is 12.6. The molecule has 2 saturated carbocycles. The van der Waals surface area contributed by atoms with Gasteiger partial charge in [0.05, 0.1) is 0 Å². The molecule has 0 aliphatic heterocycles. The molecule has 104 valence electrons. The minimum atomic E-state index is 0.313. The molecule has 2 aliphatic rings. The molecule has 1 heterocycles. The first-order valence-electron chi connectivity index (χ1n) is 7.15. The second-order valence-electron chi connectivity index (χ2n) is 5.72. The topological polar surface area (TPSA) is 58.0 Å². The van der Waals surface area contributed by atoms with Gasteiger partial charge in [-0.25, -0.2) is 9.97 Å². The zero-order chi connectivity index (χ0) is 13.2. The number of rotatable bonds is 5. The Morgan fingerprint density at radius 2 is 2.00 bits per heavy atom. The second-order valence-corrected chi connectivity index (χ2v) is 6.54. The molecule has 3 rings (SSSR count). The summed E-state index contributed by atoms with van der Waals surface area (Å²) in [6.07, 6.45) is 6.03. The molecule has 19 heavy (non-hydrogen) atoms. The maximum Gasteiger partial charge on any atom is 0.135 e. The van der Waals surface area contributed by atoms with Crippen LogP contribution in [0.5, 0.6) is 0 Å². The number of aliphatic hydroxyl groups is 1. The summed E-state index contributed by atoms with van der Waals surface area (Å²) in [6, 6.07) is 1.94. The van der Waals surface area contributed by atoms with E-state index in [0.717, 1.165) is 29.2 Å². The van der Waals surface area contributed by atoms with Crippen molar-refractivity contribution in [3.05, 3.63) is 16.5 Å². The minimum Gasteiger partial charge on any atom is -0.396 e. The van der Waals surface area contributed by atoms with E-state index in [1.165, 1.54) is 25.7 Å². The largest absolute Gasteiger partial charge is 0.396 e. The first-order chi connectivity index (χ1) is 9.26. The van der Waals surface area contributed by atoms with Gasteiger partial charge in [0.25, 0.3) is 0 Å². The van der Waals surface area contributed by atoms with Crippen LogP contribution in [-0.4, -0.2) is 28.2 Å². The summed E-state index contributed by atoms with van der Waals surface area (Å²) in [7, 11) is 0. The molecule has 0 bridgehead atoms. The van der Waals surface area contributed by atoms with Gasteiger partial charge in [-0.3, -0.25) is 0 Å². The molecule has 0 saturated heterocycles. The third-order valence-electron chi connectivity index (χ3n) is 4.25. The van der Waals surface area contributed by atoms with Crippen molar-refractivity contribution in [1.82, 2.24) is 9.97 Å². The van der Waals surface area contributed by atoms with Crippen molar-refractivity contribution < 1.29 is 5.11 Å². The Bertz CT molecular complexity index is 450. The van der Waals surface area contributed by atoms with E-state index in [-0.39, 0.29) is 0 Å². The van der Waals surface area contributed by atoms with Crippen LogP contribution < -0.4 is 5.32 Å². The molecule has 4 nitrogen and oxygen atoms in total.